The van der Waals surface area contributed by atoms with Crippen LogP contribution in [0.1, 0.15) is 32.2 Å². The van der Waals surface area contributed by atoms with E-state index in [2.05, 4.69) is 34.4 Å². The zero-order valence-electron chi connectivity index (χ0n) is 15.3. The molecule has 1 amide bonds. The van der Waals surface area contributed by atoms with Crippen LogP contribution >= 0.6 is 11.3 Å². The lowest BCUT2D eigenvalue weighted by Gasteiger charge is -2.09. The van der Waals surface area contributed by atoms with Crippen molar-refractivity contribution in [2.75, 3.05) is 11.9 Å². The van der Waals surface area contributed by atoms with Gasteiger partial charge in [-0.25, -0.2) is 9.97 Å². The molecule has 7 nitrogen and oxygen atoms in total. The van der Waals surface area contributed by atoms with Crippen molar-refractivity contribution < 1.29 is 14.7 Å². The van der Waals surface area contributed by atoms with Gasteiger partial charge in [0.1, 0.15) is 23.0 Å². The van der Waals surface area contributed by atoms with Gasteiger partial charge in [0.05, 0.1) is 5.39 Å². The highest BCUT2D eigenvalue weighted by Gasteiger charge is 2.13. The van der Waals surface area contributed by atoms with Crippen molar-refractivity contribution in [3.8, 4) is 0 Å². The largest absolute Gasteiger partial charge is 0.480 e. The Hall–Kier alpha value is -3.00. The number of carboxylic acids is 1. The van der Waals surface area contributed by atoms with Gasteiger partial charge in [-0.05, 0) is 44.0 Å². The molecule has 0 aliphatic rings. The Kier molecular flexibility index (Phi) is 5.36. The molecule has 0 unspecified atom stereocenters. The number of amides is 1. The third-order valence-electron chi connectivity index (χ3n) is 4.22. The minimum atomic E-state index is -1.07. The van der Waals surface area contributed by atoms with Crippen LogP contribution in [0.25, 0.3) is 10.2 Å². The maximum Gasteiger partial charge on any atom is 0.322 e. The number of rotatable bonds is 6. The SMILES string of the molecule is Cc1nc(NCc2ccc(C(=O)NCC(=O)O)cc2)c2c(C)c(C)sc2n1. The van der Waals surface area contributed by atoms with Crippen LogP contribution < -0.4 is 10.6 Å². The first kappa shape index (κ1) is 18.8. The van der Waals surface area contributed by atoms with Gasteiger partial charge in [0, 0.05) is 17.0 Å². The Bertz CT molecular complexity index is 1010. The first-order chi connectivity index (χ1) is 12.8. The molecule has 0 saturated heterocycles. The molecular weight excluding hydrogens is 364 g/mol. The molecule has 27 heavy (non-hydrogen) atoms. The predicted molar refractivity (Wildman–Crippen MR) is 105 cm³/mol. The topological polar surface area (TPSA) is 104 Å². The number of aromatic nitrogens is 2. The smallest absolute Gasteiger partial charge is 0.322 e. The van der Waals surface area contributed by atoms with Crippen LogP contribution in [0.4, 0.5) is 5.82 Å². The van der Waals surface area contributed by atoms with Crippen LogP contribution in [0.15, 0.2) is 24.3 Å². The lowest BCUT2D eigenvalue weighted by atomic mass is 10.1. The summed E-state index contributed by atoms with van der Waals surface area (Å²) in [4.78, 5) is 33.6. The van der Waals surface area contributed by atoms with Gasteiger partial charge in [0.15, 0.2) is 0 Å². The molecule has 0 radical (unpaired) electrons. The summed E-state index contributed by atoms with van der Waals surface area (Å²) in [5.74, 6) is 0.0448. The van der Waals surface area contributed by atoms with Gasteiger partial charge in [-0.2, -0.15) is 0 Å². The lowest BCUT2D eigenvalue weighted by Crippen LogP contribution is -2.29. The van der Waals surface area contributed by atoms with Gasteiger partial charge in [-0.1, -0.05) is 12.1 Å². The molecule has 8 heteroatoms. The third kappa shape index (κ3) is 4.22. The summed E-state index contributed by atoms with van der Waals surface area (Å²) >= 11 is 1.66. The molecule has 0 saturated carbocycles. The number of carbonyl (C=O) groups is 2. The van der Waals surface area contributed by atoms with Crippen molar-refractivity contribution in [1.82, 2.24) is 15.3 Å². The molecule has 3 rings (SSSR count). The number of benzene rings is 1. The van der Waals surface area contributed by atoms with Crippen molar-refractivity contribution in [2.45, 2.75) is 27.3 Å². The summed E-state index contributed by atoms with van der Waals surface area (Å²) in [6, 6.07) is 7.02. The fourth-order valence-electron chi connectivity index (χ4n) is 2.70. The molecule has 0 aliphatic heterocycles. The number of aliphatic carboxylic acids is 1. The summed E-state index contributed by atoms with van der Waals surface area (Å²) in [5, 5.41) is 15.4. The highest BCUT2D eigenvalue weighted by atomic mass is 32.1. The number of thiophene rings is 1. The van der Waals surface area contributed by atoms with E-state index in [1.54, 1.807) is 23.5 Å². The van der Waals surface area contributed by atoms with E-state index in [0.29, 0.717) is 12.1 Å². The van der Waals surface area contributed by atoms with Crippen LogP contribution in [0.3, 0.4) is 0 Å². The summed E-state index contributed by atoms with van der Waals surface area (Å²) in [5.41, 5.74) is 2.59. The molecule has 3 aromatic rings. The third-order valence-corrected chi connectivity index (χ3v) is 5.32. The highest BCUT2D eigenvalue weighted by Crippen LogP contribution is 2.33. The minimum Gasteiger partial charge on any atom is -0.480 e. The number of nitrogens with zero attached hydrogens (tertiary/aromatic N) is 2. The van der Waals surface area contributed by atoms with E-state index in [-0.39, 0.29) is 0 Å². The molecule has 0 aliphatic carbocycles. The van der Waals surface area contributed by atoms with E-state index >= 15 is 0 Å². The van der Waals surface area contributed by atoms with Crippen LogP contribution in [0.5, 0.6) is 0 Å². The van der Waals surface area contributed by atoms with Crippen LogP contribution in [0.2, 0.25) is 0 Å². The van der Waals surface area contributed by atoms with Gasteiger partial charge in [-0.15, -0.1) is 11.3 Å². The van der Waals surface area contributed by atoms with E-state index in [9.17, 15) is 9.59 Å². The molecule has 0 atom stereocenters. The Balaban J connectivity index is 1.73. The minimum absolute atomic E-state index is 0.398. The number of anilines is 1. The highest BCUT2D eigenvalue weighted by molar-refractivity contribution is 7.18. The maximum absolute atomic E-state index is 11.9. The number of nitrogens with one attached hydrogen (secondary N) is 2. The van der Waals surface area contributed by atoms with Gasteiger partial charge >= 0.3 is 5.97 Å². The molecule has 1 aromatic carbocycles. The second-order valence-electron chi connectivity index (χ2n) is 6.21. The average molecular weight is 384 g/mol. The van der Waals surface area contributed by atoms with Crippen molar-refractivity contribution in [1.29, 1.82) is 0 Å². The molecule has 2 aromatic heterocycles. The van der Waals surface area contributed by atoms with Crippen LogP contribution in [0, 0.1) is 20.8 Å². The van der Waals surface area contributed by atoms with Crippen molar-refractivity contribution in [3.63, 3.8) is 0 Å². The van der Waals surface area contributed by atoms with Gasteiger partial charge in [0.25, 0.3) is 5.91 Å². The fraction of sp³-hybridized carbons (Fsp3) is 0.263. The number of aryl methyl sites for hydroxylation is 3. The number of hydrogen-bond acceptors (Lipinski definition) is 6. The molecule has 0 fully saturated rings. The number of carboxylic acid groups (broad SMARTS) is 1. The quantitative estimate of drug-likeness (QED) is 0.603. The molecule has 3 N–H and O–H groups in total. The first-order valence-corrected chi connectivity index (χ1v) is 9.24. The van der Waals surface area contributed by atoms with Crippen molar-refractivity contribution >= 4 is 39.2 Å². The Morgan fingerprint density at radius 2 is 1.81 bits per heavy atom. The van der Waals surface area contributed by atoms with E-state index in [0.717, 1.165) is 27.4 Å². The van der Waals surface area contributed by atoms with E-state index in [4.69, 9.17) is 5.11 Å². The zero-order chi connectivity index (χ0) is 19.6. The number of fused-ring (bicyclic) bond motifs is 1. The summed E-state index contributed by atoms with van der Waals surface area (Å²) in [6.45, 7) is 6.18. The van der Waals surface area contributed by atoms with Crippen LogP contribution in [-0.4, -0.2) is 33.5 Å². The Labute approximate surface area is 160 Å². The van der Waals surface area contributed by atoms with Crippen molar-refractivity contribution in [2.24, 2.45) is 0 Å². The summed E-state index contributed by atoms with van der Waals surface area (Å²) in [7, 11) is 0. The standard InChI is InChI=1S/C19H20N4O3S/c1-10-11(2)27-19-16(10)17(22-12(3)23-19)20-8-13-4-6-14(7-5-13)18(26)21-9-15(24)25/h4-7H,8-9H2,1-3H3,(H,21,26)(H,24,25)(H,20,22,23). The number of hydrogen-bond donors (Lipinski definition) is 3. The Morgan fingerprint density at radius 1 is 1.11 bits per heavy atom. The zero-order valence-corrected chi connectivity index (χ0v) is 16.1. The second-order valence-corrected chi connectivity index (χ2v) is 7.41. The fourth-order valence-corrected chi connectivity index (χ4v) is 3.78. The van der Waals surface area contributed by atoms with E-state index in [1.165, 1.54) is 10.4 Å². The average Bonchev–Trinajstić information content (AvgIpc) is 2.91. The predicted octanol–water partition coefficient (Wildman–Crippen LogP) is 3.04. The number of carbonyl (C=O) groups excluding carboxylic acids is 1. The molecule has 0 bridgehead atoms. The molecule has 0 spiro atoms. The van der Waals surface area contributed by atoms with Crippen LogP contribution in [-0.2, 0) is 11.3 Å². The molecular formula is C19H20N4O3S. The second kappa shape index (κ2) is 7.71. The maximum atomic E-state index is 11.9. The van der Waals surface area contributed by atoms with E-state index in [1.807, 2.05) is 19.1 Å². The summed E-state index contributed by atoms with van der Waals surface area (Å²) < 4.78 is 0. The normalized spacial score (nSPS) is 10.8. The monoisotopic (exact) mass is 384 g/mol. The molecule has 2 heterocycles. The van der Waals surface area contributed by atoms with Gasteiger partial charge in [-0.3, -0.25) is 9.59 Å². The molecule has 140 valence electrons. The van der Waals surface area contributed by atoms with Crippen molar-refractivity contribution in [3.05, 3.63) is 51.7 Å². The Morgan fingerprint density at radius 3 is 2.48 bits per heavy atom. The van der Waals surface area contributed by atoms with Gasteiger partial charge < -0.3 is 15.7 Å². The first-order valence-electron chi connectivity index (χ1n) is 8.42. The summed E-state index contributed by atoms with van der Waals surface area (Å²) in [6.07, 6.45) is 0. The lowest BCUT2D eigenvalue weighted by molar-refractivity contribution is -0.135. The van der Waals surface area contributed by atoms with E-state index < -0.39 is 18.4 Å². The van der Waals surface area contributed by atoms with Gasteiger partial charge in [0.2, 0.25) is 0 Å².